The summed E-state index contributed by atoms with van der Waals surface area (Å²) in [6, 6.07) is 7.53. The van der Waals surface area contributed by atoms with E-state index in [9.17, 15) is 9.90 Å². The van der Waals surface area contributed by atoms with Crippen LogP contribution >= 0.6 is 0 Å². The van der Waals surface area contributed by atoms with Crippen molar-refractivity contribution in [3.8, 4) is 0 Å². The van der Waals surface area contributed by atoms with E-state index in [0.29, 0.717) is 6.54 Å². The second-order valence-electron chi connectivity index (χ2n) is 5.60. The number of anilines is 1. The molecule has 3 N–H and O–H groups in total. The number of amides is 2. The first-order valence-corrected chi connectivity index (χ1v) is 7.48. The molecular weight excluding hydrogens is 252 g/mol. The van der Waals surface area contributed by atoms with Crippen molar-refractivity contribution in [2.75, 3.05) is 11.9 Å². The van der Waals surface area contributed by atoms with E-state index in [1.165, 1.54) is 6.42 Å². The predicted molar refractivity (Wildman–Crippen MR) is 80.9 cm³/mol. The van der Waals surface area contributed by atoms with E-state index in [1.807, 2.05) is 24.3 Å². The van der Waals surface area contributed by atoms with Gasteiger partial charge in [-0.1, -0.05) is 44.4 Å². The Hall–Kier alpha value is -1.55. The lowest BCUT2D eigenvalue weighted by molar-refractivity contribution is 0.00755. The van der Waals surface area contributed by atoms with Crippen molar-refractivity contribution in [2.24, 2.45) is 0 Å². The molecule has 0 aliphatic heterocycles. The first-order chi connectivity index (χ1) is 9.63. The van der Waals surface area contributed by atoms with Crippen LogP contribution in [0, 0.1) is 0 Å². The number of carbonyl (C=O) groups excluding carboxylic acids is 1. The van der Waals surface area contributed by atoms with Gasteiger partial charge in [-0.2, -0.15) is 0 Å². The minimum Gasteiger partial charge on any atom is -0.388 e. The lowest BCUT2D eigenvalue weighted by Gasteiger charge is -2.32. The lowest BCUT2D eigenvalue weighted by Crippen LogP contribution is -2.45. The van der Waals surface area contributed by atoms with Gasteiger partial charge < -0.3 is 15.7 Å². The molecule has 0 aromatic heterocycles. The molecule has 0 bridgehead atoms. The number of benzene rings is 1. The Labute approximate surface area is 120 Å². The summed E-state index contributed by atoms with van der Waals surface area (Å²) >= 11 is 0. The van der Waals surface area contributed by atoms with Gasteiger partial charge in [0.15, 0.2) is 0 Å². The van der Waals surface area contributed by atoms with Gasteiger partial charge in [-0.25, -0.2) is 4.79 Å². The minimum absolute atomic E-state index is 0.245. The summed E-state index contributed by atoms with van der Waals surface area (Å²) in [6.07, 6.45) is 5.69. The van der Waals surface area contributed by atoms with Gasteiger partial charge in [0, 0.05) is 12.2 Å². The fourth-order valence-corrected chi connectivity index (χ4v) is 2.75. The van der Waals surface area contributed by atoms with E-state index in [-0.39, 0.29) is 6.03 Å². The van der Waals surface area contributed by atoms with Crippen molar-refractivity contribution in [1.29, 1.82) is 0 Å². The molecule has 4 heteroatoms. The SMILES string of the molecule is CCc1ccccc1NC(=O)NCC1(O)CCCCC1. The molecule has 0 heterocycles. The van der Waals surface area contributed by atoms with Crippen LogP contribution in [0.1, 0.15) is 44.6 Å². The van der Waals surface area contributed by atoms with E-state index in [1.54, 1.807) is 0 Å². The van der Waals surface area contributed by atoms with Crippen molar-refractivity contribution in [3.05, 3.63) is 29.8 Å². The second-order valence-corrected chi connectivity index (χ2v) is 5.60. The van der Waals surface area contributed by atoms with E-state index in [4.69, 9.17) is 0 Å². The van der Waals surface area contributed by atoms with Gasteiger partial charge in [-0.15, -0.1) is 0 Å². The maximum absolute atomic E-state index is 11.9. The average molecular weight is 276 g/mol. The van der Waals surface area contributed by atoms with Crippen molar-refractivity contribution >= 4 is 11.7 Å². The van der Waals surface area contributed by atoms with Gasteiger partial charge >= 0.3 is 6.03 Å². The van der Waals surface area contributed by atoms with Crippen LogP contribution in [-0.2, 0) is 6.42 Å². The first-order valence-electron chi connectivity index (χ1n) is 7.48. The zero-order chi connectivity index (χ0) is 14.4. The van der Waals surface area contributed by atoms with Gasteiger partial charge in [0.05, 0.1) is 5.60 Å². The molecule has 1 aliphatic carbocycles. The fourth-order valence-electron chi connectivity index (χ4n) is 2.75. The van der Waals surface area contributed by atoms with Crippen LogP contribution in [0.4, 0.5) is 10.5 Å². The summed E-state index contributed by atoms with van der Waals surface area (Å²) < 4.78 is 0. The third-order valence-electron chi connectivity index (χ3n) is 4.01. The number of carbonyl (C=O) groups is 1. The molecule has 1 aromatic rings. The molecule has 1 aromatic carbocycles. The first kappa shape index (κ1) is 14.9. The predicted octanol–water partition coefficient (Wildman–Crippen LogP) is 3.07. The summed E-state index contributed by atoms with van der Waals surface area (Å²) in [4.78, 5) is 11.9. The maximum atomic E-state index is 11.9. The lowest BCUT2D eigenvalue weighted by atomic mass is 9.85. The molecule has 2 rings (SSSR count). The highest BCUT2D eigenvalue weighted by molar-refractivity contribution is 5.90. The Balaban J connectivity index is 1.86. The minimum atomic E-state index is -0.722. The average Bonchev–Trinajstić information content (AvgIpc) is 2.47. The molecule has 0 saturated heterocycles. The van der Waals surface area contributed by atoms with Gasteiger partial charge in [0.2, 0.25) is 0 Å². The van der Waals surface area contributed by atoms with Gasteiger partial charge in [0.25, 0.3) is 0 Å². The summed E-state index contributed by atoms with van der Waals surface area (Å²) in [6.45, 7) is 2.39. The summed E-state index contributed by atoms with van der Waals surface area (Å²) in [5.41, 5.74) is 1.22. The number of urea groups is 1. The Bertz CT molecular complexity index is 454. The van der Waals surface area contributed by atoms with E-state index < -0.39 is 5.60 Å². The molecule has 1 aliphatic rings. The van der Waals surface area contributed by atoms with E-state index in [0.717, 1.165) is 43.4 Å². The number of hydrogen-bond donors (Lipinski definition) is 3. The smallest absolute Gasteiger partial charge is 0.319 e. The Morgan fingerprint density at radius 1 is 1.25 bits per heavy atom. The Morgan fingerprint density at radius 2 is 1.95 bits per heavy atom. The quantitative estimate of drug-likeness (QED) is 0.791. The van der Waals surface area contributed by atoms with E-state index >= 15 is 0 Å². The number of para-hydroxylation sites is 1. The number of aryl methyl sites for hydroxylation is 1. The van der Waals surface area contributed by atoms with Crippen molar-refractivity contribution in [1.82, 2.24) is 5.32 Å². The van der Waals surface area contributed by atoms with Crippen LogP contribution in [0.15, 0.2) is 24.3 Å². The summed E-state index contributed by atoms with van der Waals surface area (Å²) in [5, 5.41) is 16.0. The molecule has 20 heavy (non-hydrogen) atoms. The molecule has 0 radical (unpaired) electrons. The van der Waals surface area contributed by atoms with Crippen molar-refractivity contribution in [3.63, 3.8) is 0 Å². The molecule has 4 nitrogen and oxygen atoms in total. The van der Waals surface area contributed by atoms with Crippen molar-refractivity contribution < 1.29 is 9.90 Å². The Kier molecular flexibility index (Phi) is 5.01. The van der Waals surface area contributed by atoms with Gasteiger partial charge in [-0.05, 0) is 30.9 Å². The molecule has 110 valence electrons. The molecule has 0 unspecified atom stereocenters. The highest BCUT2D eigenvalue weighted by Gasteiger charge is 2.29. The number of aliphatic hydroxyl groups is 1. The largest absolute Gasteiger partial charge is 0.388 e. The van der Waals surface area contributed by atoms with E-state index in [2.05, 4.69) is 17.6 Å². The normalized spacial score (nSPS) is 17.5. The zero-order valence-corrected chi connectivity index (χ0v) is 12.1. The van der Waals surface area contributed by atoms with Crippen LogP contribution in [0.2, 0.25) is 0 Å². The highest BCUT2D eigenvalue weighted by Crippen LogP contribution is 2.27. The Morgan fingerprint density at radius 3 is 2.65 bits per heavy atom. The third-order valence-corrected chi connectivity index (χ3v) is 4.01. The second kappa shape index (κ2) is 6.75. The molecule has 1 fully saturated rings. The monoisotopic (exact) mass is 276 g/mol. The van der Waals surface area contributed by atoms with Crippen LogP contribution in [0.5, 0.6) is 0 Å². The highest BCUT2D eigenvalue weighted by atomic mass is 16.3. The van der Waals surface area contributed by atoms with Crippen LogP contribution in [0.25, 0.3) is 0 Å². The fraction of sp³-hybridized carbons (Fsp3) is 0.562. The van der Waals surface area contributed by atoms with Crippen LogP contribution in [-0.4, -0.2) is 23.3 Å². The third kappa shape index (κ3) is 3.97. The number of nitrogens with one attached hydrogen (secondary N) is 2. The van der Waals surface area contributed by atoms with Gasteiger partial charge in [0.1, 0.15) is 0 Å². The molecular formula is C16H24N2O2. The summed E-state index contributed by atoms with van der Waals surface area (Å²) in [7, 11) is 0. The maximum Gasteiger partial charge on any atom is 0.319 e. The number of hydrogen-bond acceptors (Lipinski definition) is 2. The topological polar surface area (TPSA) is 61.4 Å². The zero-order valence-electron chi connectivity index (χ0n) is 12.1. The molecule has 2 amide bonds. The molecule has 1 saturated carbocycles. The van der Waals surface area contributed by atoms with Crippen LogP contribution < -0.4 is 10.6 Å². The molecule has 0 atom stereocenters. The van der Waals surface area contributed by atoms with Crippen LogP contribution in [0.3, 0.4) is 0 Å². The summed E-state index contributed by atoms with van der Waals surface area (Å²) in [5.74, 6) is 0. The van der Waals surface area contributed by atoms with Crippen molar-refractivity contribution in [2.45, 2.75) is 51.0 Å². The van der Waals surface area contributed by atoms with Gasteiger partial charge in [-0.3, -0.25) is 0 Å². The standard InChI is InChI=1S/C16H24N2O2/c1-2-13-8-4-5-9-14(13)18-15(19)17-12-16(20)10-6-3-7-11-16/h4-5,8-9,20H,2-3,6-7,10-12H2,1H3,(H2,17,18,19). The number of rotatable bonds is 4. The molecule has 0 spiro atoms.